The minimum absolute atomic E-state index is 0.245. The molecule has 2 aromatic heterocycles. The molecule has 8 heteroatoms. The molecule has 4 heterocycles. The van der Waals surface area contributed by atoms with Crippen molar-refractivity contribution in [2.75, 3.05) is 19.8 Å². The Bertz CT molecular complexity index is 1090. The Hall–Kier alpha value is -2.65. The van der Waals surface area contributed by atoms with Crippen molar-refractivity contribution in [3.8, 4) is 11.3 Å². The molecule has 0 aliphatic carbocycles. The zero-order valence-corrected chi connectivity index (χ0v) is 18.5. The van der Waals surface area contributed by atoms with Crippen molar-refractivity contribution in [1.29, 1.82) is 0 Å². The number of hydrogen-bond acceptors (Lipinski definition) is 7. The van der Waals surface area contributed by atoms with Crippen molar-refractivity contribution in [1.82, 2.24) is 20.6 Å². The van der Waals surface area contributed by atoms with Gasteiger partial charge in [0.1, 0.15) is 5.69 Å². The predicted molar refractivity (Wildman–Crippen MR) is 123 cm³/mol. The highest BCUT2D eigenvalue weighted by molar-refractivity contribution is 7.07. The van der Waals surface area contributed by atoms with Crippen LogP contribution < -0.4 is 10.6 Å². The maximum atomic E-state index is 13.0. The largest absolute Gasteiger partial charge is 0.389 e. The highest BCUT2D eigenvalue weighted by atomic mass is 32.1. The molecule has 166 valence electrons. The number of hydrogen-bond donors (Lipinski definition) is 3. The number of benzene rings is 1. The van der Waals surface area contributed by atoms with Crippen LogP contribution in [0.15, 0.2) is 41.2 Å². The molecule has 0 unspecified atom stereocenters. The van der Waals surface area contributed by atoms with Gasteiger partial charge in [0, 0.05) is 24.1 Å². The molecule has 0 saturated carbocycles. The summed E-state index contributed by atoms with van der Waals surface area (Å²) in [6, 6.07) is 10.1. The lowest BCUT2D eigenvalue weighted by Gasteiger charge is -2.28. The third-order valence-corrected chi connectivity index (χ3v) is 6.69. The van der Waals surface area contributed by atoms with Gasteiger partial charge in [-0.05, 0) is 48.6 Å². The van der Waals surface area contributed by atoms with E-state index in [-0.39, 0.29) is 18.6 Å². The molecule has 2 atom stereocenters. The quantitative estimate of drug-likeness (QED) is 0.552. The first kappa shape index (κ1) is 21.2. The van der Waals surface area contributed by atoms with Crippen molar-refractivity contribution < 1.29 is 14.6 Å². The number of thiazole rings is 1. The summed E-state index contributed by atoms with van der Waals surface area (Å²) in [6.07, 6.45) is 1.54. The number of pyridine rings is 1. The summed E-state index contributed by atoms with van der Waals surface area (Å²) in [4.78, 5) is 22.0. The number of aromatic nitrogens is 2. The molecule has 2 aliphatic heterocycles. The predicted octanol–water partition coefficient (Wildman–Crippen LogP) is 2.32. The van der Waals surface area contributed by atoms with E-state index in [1.165, 1.54) is 11.1 Å². The average molecular weight is 451 g/mol. The molecular weight excluding hydrogens is 424 g/mol. The third-order valence-electron chi connectivity index (χ3n) is 6.10. The molecule has 2 aliphatic rings. The molecular formula is C24H26N4O3S. The van der Waals surface area contributed by atoms with Crippen LogP contribution in [0.4, 0.5) is 0 Å². The van der Waals surface area contributed by atoms with Crippen LogP contribution in [0.5, 0.6) is 0 Å². The second-order valence-corrected chi connectivity index (χ2v) is 9.00. The molecule has 1 fully saturated rings. The van der Waals surface area contributed by atoms with Crippen molar-refractivity contribution in [2.24, 2.45) is 0 Å². The minimum atomic E-state index is -0.692. The van der Waals surface area contributed by atoms with Crippen LogP contribution in [0.1, 0.15) is 39.3 Å². The highest BCUT2D eigenvalue weighted by Crippen LogP contribution is 2.24. The topological polar surface area (TPSA) is 96.4 Å². The molecule has 1 amide bonds. The molecule has 0 bridgehead atoms. The number of rotatable bonds is 5. The normalized spacial score (nSPS) is 20.5. The van der Waals surface area contributed by atoms with Crippen LogP contribution in [-0.4, -0.2) is 52.9 Å². The summed E-state index contributed by atoms with van der Waals surface area (Å²) < 4.78 is 5.26. The van der Waals surface area contributed by atoms with Crippen molar-refractivity contribution in [3.63, 3.8) is 0 Å². The first-order chi connectivity index (χ1) is 15.7. The van der Waals surface area contributed by atoms with Gasteiger partial charge in [0.2, 0.25) is 0 Å². The van der Waals surface area contributed by atoms with Crippen molar-refractivity contribution in [3.05, 3.63) is 69.3 Å². The van der Waals surface area contributed by atoms with E-state index in [9.17, 15) is 9.90 Å². The monoisotopic (exact) mass is 450 g/mol. The lowest BCUT2D eigenvalue weighted by Crippen LogP contribution is -2.49. The Morgan fingerprint density at radius 3 is 2.97 bits per heavy atom. The van der Waals surface area contributed by atoms with Gasteiger partial charge in [-0.1, -0.05) is 24.3 Å². The Morgan fingerprint density at radius 1 is 1.31 bits per heavy atom. The van der Waals surface area contributed by atoms with Gasteiger partial charge in [-0.2, -0.15) is 0 Å². The van der Waals surface area contributed by atoms with Gasteiger partial charge in [-0.25, -0.2) is 9.97 Å². The van der Waals surface area contributed by atoms with Gasteiger partial charge in [0.15, 0.2) is 0 Å². The fraction of sp³-hybridized carbons (Fsp3) is 0.375. The molecule has 7 nitrogen and oxygen atoms in total. The maximum Gasteiger partial charge on any atom is 0.270 e. The molecule has 1 aromatic carbocycles. The number of carbonyl (C=O) groups is 1. The van der Waals surface area contributed by atoms with Gasteiger partial charge >= 0.3 is 0 Å². The zero-order chi connectivity index (χ0) is 21.9. The van der Waals surface area contributed by atoms with E-state index >= 15 is 0 Å². The average Bonchev–Trinajstić information content (AvgIpc) is 3.36. The molecule has 1 saturated heterocycles. The second kappa shape index (κ2) is 9.46. The standard InChI is InChI=1S/C24H26N4O3S/c29-23-12-31-8-6-19(23)28-24(30)20-10-17(18-5-7-25-11-21(18)27-20)9-15-1-3-16(4-2-15)22-13-32-14-26-22/h1-4,10,13-14,19,23,25,29H,5-9,11-12H2,(H,28,30)/t19-,23+/m0/s1. The number of aliphatic hydroxyl groups is 1. The van der Waals surface area contributed by atoms with Crippen molar-refractivity contribution >= 4 is 17.2 Å². The smallest absolute Gasteiger partial charge is 0.270 e. The molecule has 32 heavy (non-hydrogen) atoms. The first-order valence-electron chi connectivity index (χ1n) is 10.9. The summed E-state index contributed by atoms with van der Waals surface area (Å²) in [5.74, 6) is -0.246. The number of nitrogens with zero attached hydrogens (tertiary/aromatic N) is 2. The first-order valence-corrected chi connectivity index (χ1v) is 11.9. The highest BCUT2D eigenvalue weighted by Gasteiger charge is 2.27. The van der Waals surface area contributed by atoms with E-state index in [1.54, 1.807) is 11.3 Å². The van der Waals surface area contributed by atoms with Crippen LogP contribution in [0, 0.1) is 0 Å². The van der Waals surface area contributed by atoms with E-state index in [4.69, 9.17) is 4.74 Å². The summed E-state index contributed by atoms with van der Waals surface area (Å²) >= 11 is 1.59. The lowest BCUT2D eigenvalue weighted by atomic mass is 9.93. The number of amides is 1. The Balaban J connectivity index is 1.39. The van der Waals surface area contributed by atoms with Gasteiger partial charge in [0.05, 0.1) is 35.7 Å². The SMILES string of the molecule is O=C(N[C@H]1CCOC[C@H]1O)c1cc(Cc2ccc(-c3cscn3)cc2)c2c(n1)CNCC2. The fourth-order valence-electron chi connectivity index (χ4n) is 4.33. The third kappa shape index (κ3) is 4.59. The van der Waals surface area contributed by atoms with Gasteiger partial charge in [0.25, 0.3) is 5.91 Å². The van der Waals surface area contributed by atoms with Crippen LogP contribution in [-0.2, 0) is 24.1 Å². The Labute approximate surface area is 190 Å². The van der Waals surface area contributed by atoms with Crippen LogP contribution in [0.25, 0.3) is 11.3 Å². The summed E-state index contributed by atoms with van der Waals surface area (Å²) in [6.45, 7) is 2.34. The van der Waals surface area contributed by atoms with Gasteiger partial charge < -0.3 is 20.5 Å². The number of aliphatic hydroxyl groups excluding tert-OH is 1. The van der Waals surface area contributed by atoms with Crippen LogP contribution in [0.2, 0.25) is 0 Å². The molecule has 0 radical (unpaired) electrons. The number of ether oxygens (including phenoxy) is 1. The van der Waals surface area contributed by atoms with Gasteiger partial charge in [-0.15, -0.1) is 11.3 Å². The zero-order valence-electron chi connectivity index (χ0n) is 17.7. The van der Waals surface area contributed by atoms with E-state index < -0.39 is 6.10 Å². The Kier molecular flexibility index (Phi) is 6.27. The van der Waals surface area contributed by atoms with E-state index in [0.29, 0.717) is 25.3 Å². The molecule has 3 N–H and O–H groups in total. The van der Waals surface area contributed by atoms with E-state index in [0.717, 1.165) is 41.9 Å². The molecule has 3 aromatic rings. The summed E-state index contributed by atoms with van der Waals surface area (Å²) in [5, 5.41) is 18.5. The Morgan fingerprint density at radius 2 is 2.19 bits per heavy atom. The van der Waals surface area contributed by atoms with Crippen molar-refractivity contribution in [2.45, 2.75) is 38.0 Å². The number of nitrogens with one attached hydrogen (secondary N) is 2. The second-order valence-electron chi connectivity index (χ2n) is 8.28. The number of fused-ring (bicyclic) bond motifs is 1. The van der Waals surface area contributed by atoms with Crippen LogP contribution in [0.3, 0.4) is 0 Å². The molecule has 0 spiro atoms. The minimum Gasteiger partial charge on any atom is -0.389 e. The lowest BCUT2D eigenvalue weighted by molar-refractivity contribution is -0.0261. The van der Waals surface area contributed by atoms with Crippen LogP contribution >= 0.6 is 11.3 Å². The van der Waals surface area contributed by atoms with E-state index in [2.05, 4.69) is 44.9 Å². The number of carbonyl (C=O) groups excluding carboxylic acids is 1. The maximum absolute atomic E-state index is 13.0. The molecule has 5 rings (SSSR count). The van der Waals surface area contributed by atoms with E-state index in [1.807, 2.05) is 17.0 Å². The fourth-order valence-corrected chi connectivity index (χ4v) is 4.89. The van der Waals surface area contributed by atoms with Gasteiger partial charge in [-0.3, -0.25) is 4.79 Å². The summed E-state index contributed by atoms with van der Waals surface area (Å²) in [5.41, 5.74) is 8.82. The summed E-state index contributed by atoms with van der Waals surface area (Å²) in [7, 11) is 0.